The zero-order valence-electron chi connectivity index (χ0n) is 13.9. The molecule has 0 saturated carbocycles. The van der Waals surface area contributed by atoms with Crippen molar-refractivity contribution in [2.24, 2.45) is 0 Å². The van der Waals surface area contributed by atoms with Crippen LogP contribution in [0.4, 0.5) is 5.69 Å². The van der Waals surface area contributed by atoms with E-state index in [1.165, 1.54) is 25.8 Å². The Morgan fingerprint density at radius 3 is 2.64 bits per heavy atom. The van der Waals surface area contributed by atoms with E-state index < -0.39 is 29.6 Å². The van der Waals surface area contributed by atoms with Crippen molar-refractivity contribution in [3.63, 3.8) is 0 Å². The molecule has 0 bridgehead atoms. The van der Waals surface area contributed by atoms with E-state index in [1.807, 2.05) is 0 Å². The fraction of sp³-hybridized carbons (Fsp3) is 0.312. The van der Waals surface area contributed by atoms with Crippen molar-refractivity contribution < 1.29 is 19.1 Å². The van der Waals surface area contributed by atoms with Crippen LogP contribution in [0.25, 0.3) is 11.4 Å². The Kier molecular flexibility index (Phi) is 3.99. The molecule has 130 valence electrons. The highest BCUT2D eigenvalue weighted by atomic mass is 16.5. The first-order chi connectivity index (χ1) is 11.9. The van der Waals surface area contributed by atoms with E-state index in [0.29, 0.717) is 11.3 Å². The average molecular weight is 344 g/mol. The predicted octanol–water partition coefficient (Wildman–Crippen LogP) is 0.428. The summed E-state index contributed by atoms with van der Waals surface area (Å²) >= 11 is 0. The number of esters is 2. The number of hydrogen-bond acceptors (Lipinski definition) is 8. The lowest BCUT2D eigenvalue weighted by Gasteiger charge is -2.38. The van der Waals surface area contributed by atoms with Gasteiger partial charge in [0.1, 0.15) is 12.1 Å². The quantitative estimate of drug-likeness (QED) is 0.798. The van der Waals surface area contributed by atoms with E-state index in [4.69, 9.17) is 9.47 Å². The third-order valence-corrected chi connectivity index (χ3v) is 3.99. The molecule has 2 heterocycles. The van der Waals surface area contributed by atoms with Gasteiger partial charge in [0.15, 0.2) is 5.82 Å². The third kappa shape index (κ3) is 2.53. The van der Waals surface area contributed by atoms with Crippen LogP contribution in [0.1, 0.15) is 12.1 Å². The van der Waals surface area contributed by atoms with Crippen molar-refractivity contribution in [2.75, 3.05) is 19.5 Å². The van der Waals surface area contributed by atoms with Crippen molar-refractivity contribution >= 4 is 17.6 Å². The maximum atomic E-state index is 12.6. The van der Waals surface area contributed by atoms with Crippen molar-refractivity contribution in [3.05, 3.63) is 40.3 Å². The summed E-state index contributed by atoms with van der Waals surface area (Å²) < 4.78 is 10.8. The molecule has 0 fully saturated rings. The molecule has 1 aliphatic rings. The minimum absolute atomic E-state index is 0.0862. The number of methoxy groups -OCH3 is 2. The van der Waals surface area contributed by atoms with Gasteiger partial charge < -0.3 is 14.8 Å². The fourth-order valence-electron chi connectivity index (χ4n) is 2.75. The number of nitrogens with zero attached hydrogens (tertiary/aromatic N) is 3. The van der Waals surface area contributed by atoms with Crippen LogP contribution in [0, 0.1) is 6.92 Å². The monoisotopic (exact) mass is 344 g/mol. The second kappa shape index (κ2) is 6.00. The summed E-state index contributed by atoms with van der Waals surface area (Å²) in [6.07, 6.45) is -0.394. The standard InChI is InChI=1S/C16H16N4O5/c1-9-14(22)17-13-10-6-4-5-7-11(10)18-16(15(23)25-3,20(13)19-9)8-12(21)24-2/h4-7,18H,8H2,1-3H3. The van der Waals surface area contributed by atoms with Gasteiger partial charge >= 0.3 is 11.9 Å². The van der Waals surface area contributed by atoms with Crippen LogP contribution < -0.4 is 10.9 Å². The van der Waals surface area contributed by atoms with Crippen LogP contribution in [-0.2, 0) is 24.7 Å². The number of ether oxygens (including phenoxy) is 2. The van der Waals surface area contributed by atoms with E-state index >= 15 is 0 Å². The topological polar surface area (TPSA) is 112 Å². The number of nitrogens with one attached hydrogen (secondary N) is 1. The summed E-state index contributed by atoms with van der Waals surface area (Å²) in [5.41, 5.74) is -1.04. The summed E-state index contributed by atoms with van der Waals surface area (Å²) in [5.74, 6) is -1.24. The summed E-state index contributed by atoms with van der Waals surface area (Å²) in [6.45, 7) is 1.48. The first-order valence-corrected chi connectivity index (χ1v) is 7.44. The molecule has 0 radical (unpaired) electrons. The molecule has 0 amide bonds. The molecule has 1 aromatic carbocycles. The van der Waals surface area contributed by atoms with Gasteiger partial charge in [0.2, 0.25) is 5.66 Å². The number of aromatic nitrogens is 3. The zero-order valence-corrected chi connectivity index (χ0v) is 13.9. The molecule has 1 aliphatic heterocycles. The number of anilines is 1. The lowest BCUT2D eigenvalue weighted by Crippen LogP contribution is -2.55. The van der Waals surface area contributed by atoms with Gasteiger partial charge in [0.25, 0.3) is 5.56 Å². The molecule has 0 saturated heterocycles. The van der Waals surface area contributed by atoms with E-state index in [-0.39, 0.29) is 11.5 Å². The number of hydrogen-bond donors (Lipinski definition) is 1. The molecule has 0 spiro atoms. The number of carbonyl (C=O) groups excluding carboxylic acids is 2. The third-order valence-electron chi connectivity index (χ3n) is 3.99. The minimum Gasteiger partial charge on any atom is -0.469 e. The second-order valence-corrected chi connectivity index (χ2v) is 5.51. The molecule has 3 rings (SSSR count). The van der Waals surface area contributed by atoms with E-state index in [9.17, 15) is 14.4 Å². The molecule has 1 aromatic heterocycles. The highest BCUT2D eigenvalue weighted by molar-refractivity contribution is 5.91. The normalized spacial score (nSPS) is 17.7. The lowest BCUT2D eigenvalue weighted by molar-refractivity contribution is -0.157. The molecular formula is C16H16N4O5. The van der Waals surface area contributed by atoms with Gasteiger partial charge in [-0.05, 0) is 19.1 Å². The van der Waals surface area contributed by atoms with E-state index in [1.54, 1.807) is 24.3 Å². The Hall–Kier alpha value is -3.23. The molecular weight excluding hydrogens is 328 g/mol. The van der Waals surface area contributed by atoms with Crippen molar-refractivity contribution in [2.45, 2.75) is 19.0 Å². The van der Waals surface area contributed by atoms with Gasteiger partial charge in [0.05, 0.1) is 14.2 Å². The fourth-order valence-corrected chi connectivity index (χ4v) is 2.75. The van der Waals surface area contributed by atoms with E-state index in [2.05, 4.69) is 15.4 Å². The summed E-state index contributed by atoms with van der Waals surface area (Å²) in [6, 6.07) is 6.96. The van der Waals surface area contributed by atoms with Crippen LogP contribution in [-0.4, -0.2) is 40.9 Å². The molecule has 1 atom stereocenters. The molecule has 25 heavy (non-hydrogen) atoms. The van der Waals surface area contributed by atoms with E-state index in [0.717, 1.165) is 0 Å². The first-order valence-electron chi connectivity index (χ1n) is 7.44. The molecule has 9 heteroatoms. The maximum Gasteiger partial charge on any atom is 0.355 e. The SMILES string of the molecule is COC(=O)CC1(C(=O)OC)Nc2ccccc2-c2nc(=O)c(C)nn21. The number of aryl methyl sites for hydroxylation is 1. The van der Waals surface area contributed by atoms with Crippen LogP contribution >= 0.6 is 0 Å². The Bertz CT molecular complexity index is 923. The first kappa shape index (κ1) is 16.6. The zero-order chi connectivity index (χ0) is 18.2. The second-order valence-electron chi connectivity index (χ2n) is 5.51. The largest absolute Gasteiger partial charge is 0.469 e. The minimum atomic E-state index is -1.71. The number of rotatable bonds is 3. The average Bonchev–Trinajstić information content (AvgIpc) is 2.62. The number of carbonyl (C=O) groups is 2. The maximum absolute atomic E-state index is 12.6. The molecule has 2 aromatic rings. The van der Waals surface area contributed by atoms with Gasteiger partial charge in [-0.1, -0.05) is 12.1 Å². The Balaban J connectivity index is 2.35. The van der Waals surface area contributed by atoms with Crippen LogP contribution in [0.5, 0.6) is 0 Å². The Labute approximate surface area is 142 Å². The molecule has 1 unspecified atom stereocenters. The summed E-state index contributed by atoms with van der Waals surface area (Å²) in [4.78, 5) is 40.7. The Morgan fingerprint density at radius 2 is 1.96 bits per heavy atom. The number of para-hydroxylation sites is 1. The number of benzene rings is 1. The van der Waals surface area contributed by atoms with Crippen LogP contribution in [0.2, 0.25) is 0 Å². The number of fused-ring (bicyclic) bond motifs is 3. The van der Waals surface area contributed by atoms with Crippen molar-refractivity contribution in [3.8, 4) is 11.4 Å². The van der Waals surface area contributed by atoms with Gasteiger partial charge in [-0.3, -0.25) is 9.59 Å². The van der Waals surface area contributed by atoms with Gasteiger partial charge in [-0.2, -0.15) is 10.1 Å². The predicted molar refractivity (Wildman–Crippen MR) is 86.7 cm³/mol. The van der Waals surface area contributed by atoms with Gasteiger partial charge in [0, 0.05) is 11.3 Å². The van der Waals surface area contributed by atoms with Gasteiger partial charge in [-0.25, -0.2) is 9.48 Å². The smallest absolute Gasteiger partial charge is 0.355 e. The summed E-state index contributed by atoms with van der Waals surface area (Å²) in [5, 5.41) is 7.20. The lowest BCUT2D eigenvalue weighted by atomic mass is 9.99. The van der Waals surface area contributed by atoms with Crippen LogP contribution in [0.15, 0.2) is 29.1 Å². The molecule has 9 nitrogen and oxygen atoms in total. The molecule has 0 aliphatic carbocycles. The summed E-state index contributed by atoms with van der Waals surface area (Å²) in [7, 11) is 2.42. The highest BCUT2D eigenvalue weighted by Gasteiger charge is 2.49. The van der Waals surface area contributed by atoms with Crippen molar-refractivity contribution in [1.29, 1.82) is 0 Å². The molecule has 1 N–H and O–H groups in total. The van der Waals surface area contributed by atoms with Crippen molar-refractivity contribution in [1.82, 2.24) is 14.8 Å². The highest BCUT2D eigenvalue weighted by Crippen LogP contribution is 2.38. The van der Waals surface area contributed by atoms with Crippen LogP contribution in [0.3, 0.4) is 0 Å². The Morgan fingerprint density at radius 1 is 1.24 bits per heavy atom. The van der Waals surface area contributed by atoms with Gasteiger partial charge in [-0.15, -0.1) is 0 Å².